The van der Waals surface area contributed by atoms with Gasteiger partial charge in [0.15, 0.2) is 5.78 Å². The number of nitrogens with one attached hydrogen (secondary N) is 1. The van der Waals surface area contributed by atoms with Crippen LogP contribution in [0.15, 0.2) is 18.2 Å². The fourth-order valence-electron chi connectivity index (χ4n) is 1.87. The van der Waals surface area contributed by atoms with Gasteiger partial charge >= 0.3 is 0 Å². The van der Waals surface area contributed by atoms with E-state index in [1.807, 2.05) is 52.9 Å². The average Bonchev–Trinajstić information content (AvgIpc) is 2.20. The first-order valence-corrected chi connectivity index (χ1v) is 5.65. The number of benzene rings is 1. The maximum Gasteiger partial charge on any atom is 0.169 e. The summed E-state index contributed by atoms with van der Waals surface area (Å²) in [6.07, 6.45) is 0. The van der Waals surface area contributed by atoms with E-state index in [0.717, 1.165) is 16.7 Å². The van der Waals surface area contributed by atoms with E-state index in [1.54, 1.807) is 0 Å². The largest absolute Gasteiger partial charge is 0.319 e. The Morgan fingerprint density at radius 1 is 1.31 bits per heavy atom. The van der Waals surface area contributed by atoms with Crippen molar-refractivity contribution >= 4 is 5.78 Å². The highest BCUT2D eigenvalue weighted by atomic mass is 16.1. The molecule has 0 aliphatic rings. The van der Waals surface area contributed by atoms with Crippen molar-refractivity contribution in [2.24, 2.45) is 5.41 Å². The quantitative estimate of drug-likeness (QED) is 0.789. The van der Waals surface area contributed by atoms with Gasteiger partial charge in [0.25, 0.3) is 0 Å². The molecule has 1 aromatic carbocycles. The van der Waals surface area contributed by atoms with Crippen LogP contribution in [0.1, 0.15) is 35.3 Å². The third-order valence-electron chi connectivity index (χ3n) is 2.87. The molecule has 0 saturated carbocycles. The Balaban J connectivity index is 3.09. The monoisotopic (exact) mass is 219 g/mol. The standard InChI is InChI=1S/C14H21NO/c1-10-6-7-11(2)12(8-10)13(16)14(3,4)9-15-5/h6-8,15H,9H2,1-5H3. The van der Waals surface area contributed by atoms with E-state index in [9.17, 15) is 4.79 Å². The fraction of sp³-hybridized carbons (Fsp3) is 0.500. The molecule has 0 radical (unpaired) electrons. The number of Topliss-reactive ketones (excluding diaryl/α,β-unsaturated/α-hetero) is 1. The van der Waals surface area contributed by atoms with Gasteiger partial charge in [-0.05, 0) is 32.5 Å². The minimum Gasteiger partial charge on any atom is -0.319 e. The van der Waals surface area contributed by atoms with Gasteiger partial charge in [0, 0.05) is 17.5 Å². The lowest BCUT2D eigenvalue weighted by molar-refractivity contribution is 0.0838. The van der Waals surface area contributed by atoms with Crippen LogP contribution in [0.4, 0.5) is 0 Å². The van der Waals surface area contributed by atoms with Crippen LogP contribution < -0.4 is 5.32 Å². The summed E-state index contributed by atoms with van der Waals surface area (Å²) in [6, 6.07) is 6.03. The molecule has 0 atom stereocenters. The molecule has 0 fully saturated rings. The number of hydrogen-bond donors (Lipinski definition) is 1. The highest BCUT2D eigenvalue weighted by Crippen LogP contribution is 2.23. The Hall–Kier alpha value is -1.15. The number of aryl methyl sites for hydroxylation is 2. The second-order valence-electron chi connectivity index (χ2n) is 5.06. The summed E-state index contributed by atoms with van der Waals surface area (Å²) in [7, 11) is 1.87. The normalized spacial score (nSPS) is 11.6. The number of carbonyl (C=O) groups is 1. The van der Waals surface area contributed by atoms with E-state index in [2.05, 4.69) is 5.32 Å². The summed E-state index contributed by atoms with van der Waals surface area (Å²) in [5.41, 5.74) is 2.68. The van der Waals surface area contributed by atoms with Gasteiger partial charge in [-0.3, -0.25) is 4.79 Å². The fourth-order valence-corrected chi connectivity index (χ4v) is 1.87. The van der Waals surface area contributed by atoms with Gasteiger partial charge < -0.3 is 5.32 Å². The summed E-state index contributed by atoms with van der Waals surface area (Å²) in [6.45, 7) is 8.66. The predicted octanol–water partition coefficient (Wildman–Crippen LogP) is 2.73. The third-order valence-corrected chi connectivity index (χ3v) is 2.87. The van der Waals surface area contributed by atoms with Crippen LogP contribution in [0.25, 0.3) is 0 Å². The number of ketones is 1. The van der Waals surface area contributed by atoms with Gasteiger partial charge in [0.05, 0.1) is 0 Å². The first-order chi connectivity index (χ1) is 7.38. The molecular formula is C14H21NO. The molecule has 0 unspecified atom stereocenters. The molecule has 2 heteroatoms. The van der Waals surface area contributed by atoms with Gasteiger partial charge in [0.1, 0.15) is 0 Å². The Morgan fingerprint density at radius 3 is 2.50 bits per heavy atom. The molecule has 0 aromatic heterocycles. The molecule has 88 valence electrons. The van der Waals surface area contributed by atoms with E-state index in [0.29, 0.717) is 6.54 Å². The summed E-state index contributed by atoms with van der Waals surface area (Å²) < 4.78 is 0. The highest BCUT2D eigenvalue weighted by Gasteiger charge is 2.28. The minimum absolute atomic E-state index is 0.211. The van der Waals surface area contributed by atoms with Gasteiger partial charge in [0.2, 0.25) is 0 Å². The van der Waals surface area contributed by atoms with Crippen LogP contribution in [0.2, 0.25) is 0 Å². The van der Waals surface area contributed by atoms with Crippen LogP contribution in [0.5, 0.6) is 0 Å². The lowest BCUT2D eigenvalue weighted by atomic mass is 9.82. The molecule has 0 spiro atoms. The van der Waals surface area contributed by atoms with Gasteiger partial charge in [-0.1, -0.05) is 31.5 Å². The predicted molar refractivity (Wildman–Crippen MR) is 68.0 cm³/mol. The molecule has 0 heterocycles. The van der Waals surface area contributed by atoms with Crippen LogP contribution >= 0.6 is 0 Å². The molecule has 0 saturated heterocycles. The van der Waals surface area contributed by atoms with Crippen molar-refractivity contribution in [1.82, 2.24) is 5.32 Å². The molecule has 0 aliphatic heterocycles. The van der Waals surface area contributed by atoms with E-state index >= 15 is 0 Å². The molecule has 0 bridgehead atoms. The SMILES string of the molecule is CNCC(C)(C)C(=O)c1cc(C)ccc1C. The lowest BCUT2D eigenvalue weighted by Crippen LogP contribution is -2.35. The maximum absolute atomic E-state index is 12.4. The molecule has 0 aliphatic carbocycles. The number of hydrogen-bond acceptors (Lipinski definition) is 2. The molecule has 0 amide bonds. The van der Waals surface area contributed by atoms with E-state index in [1.165, 1.54) is 0 Å². The van der Waals surface area contributed by atoms with Crippen LogP contribution in [0.3, 0.4) is 0 Å². The molecular weight excluding hydrogens is 198 g/mol. The Kier molecular flexibility index (Phi) is 3.87. The zero-order chi connectivity index (χ0) is 12.3. The van der Waals surface area contributed by atoms with Gasteiger partial charge in [-0.15, -0.1) is 0 Å². The summed E-state index contributed by atoms with van der Waals surface area (Å²) >= 11 is 0. The van der Waals surface area contributed by atoms with Crippen molar-refractivity contribution in [2.75, 3.05) is 13.6 Å². The molecule has 16 heavy (non-hydrogen) atoms. The average molecular weight is 219 g/mol. The van der Waals surface area contributed by atoms with Crippen molar-refractivity contribution in [3.05, 3.63) is 34.9 Å². The number of carbonyl (C=O) groups excluding carboxylic acids is 1. The minimum atomic E-state index is -0.354. The van der Waals surface area contributed by atoms with Crippen LogP contribution in [-0.4, -0.2) is 19.4 Å². The van der Waals surface area contributed by atoms with Crippen LogP contribution in [-0.2, 0) is 0 Å². The second kappa shape index (κ2) is 4.79. The number of rotatable bonds is 4. The topological polar surface area (TPSA) is 29.1 Å². The van der Waals surface area contributed by atoms with E-state index in [-0.39, 0.29) is 11.2 Å². The Bertz CT molecular complexity index is 394. The molecule has 1 rings (SSSR count). The van der Waals surface area contributed by atoms with Crippen molar-refractivity contribution in [2.45, 2.75) is 27.7 Å². The zero-order valence-electron chi connectivity index (χ0n) is 10.8. The second-order valence-corrected chi connectivity index (χ2v) is 5.06. The highest BCUT2D eigenvalue weighted by molar-refractivity contribution is 6.01. The first-order valence-electron chi connectivity index (χ1n) is 5.65. The van der Waals surface area contributed by atoms with Crippen molar-refractivity contribution in [1.29, 1.82) is 0 Å². The lowest BCUT2D eigenvalue weighted by Gasteiger charge is -2.23. The summed E-state index contributed by atoms with van der Waals surface area (Å²) in [4.78, 5) is 12.4. The first kappa shape index (κ1) is 12.9. The van der Waals surface area contributed by atoms with Crippen molar-refractivity contribution < 1.29 is 4.79 Å². The molecule has 2 nitrogen and oxygen atoms in total. The smallest absolute Gasteiger partial charge is 0.169 e. The van der Waals surface area contributed by atoms with Crippen LogP contribution in [0, 0.1) is 19.3 Å². The van der Waals surface area contributed by atoms with Crippen molar-refractivity contribution in [3.63, 3.8) is 0 Å². The van der Waals surface area contributed by atoms with Gasteiger partial charge in [-0.25, -0.2) is 0 Å². The summed E-state index contributed by atoms with van der Waals surface area (Å²) in [5, 5.41) is 3.07. The Labute approximate surface area is 98.1 Å². The summed E-state index contributed by atoms with van der Waals surface area (Å²) in [5.74, 6) is 0.211. The Morgan fingerprint density at radius 2 is 1.94 bits per heavy atom. The maximum atomic E-state index is 12.4. The zero-order valence-corrected chi connectivity index (χ0v) is 10.8. The van der Waals surface area contributed by atoms with E-state index in [4.69, 9.17) is 0 Å². The van der Waals surface area contributed by atoms with Gasteiger partial charge in [-0.2, -0.15) is 0 Å². The third kappa shape index (κ3) is 2.70. The van der Waals surface area contributed by atoms with Crippen molar-refractivity contribution in [3.8, 4) is 0 Å². The van der Waals surface area contributed by atoms with E-state index < -0.39 is 0 Å². The molecule has 1 N–H and O–H groups in total. The molecule has 1 aromatic rings.